The quantitative estimate of drug-likeness (QED) is 0.769. The van der Waals surface area contributed by atoms with Gasteiger partial charge in [0.1, 0.15) is 0 Å². The Kier molecular flexibility index (Phi) is 5.98. The second kappa shape index (κ2) is 7.68. The molecule has 0 radical (unpaired) electrons. The molecule has 0 saturated heterocycles. The molecule has 142 valence electrons. The molecule has 0 aliphatic rings. The van der Waals surface area contributed by atoms with Crippen LogP contribution in [0.2, 0.25) is 0 Å². The molecule has 0 aromatic heterocycles. The van der Waals surface area contributed by atoms with E-state index in [0.29, 0.717) is 16.4 Å². The first-order valence-corrected chi connectivity index (χ1v) is 9.82. The second-order valence-electron chi connectivity index (χ2n) is 6.50. The molecule has 6 heteroatoms. The maximum atomic E-state index is 13.3. The van der Waals surface area contributed by atoms with Crippen LogP contribution >= 0.6 is 0 Å². The average molecular weight is 378 g/mol. The molecule has 0 heterocycles. The van der Waals surface area contributed by atoms with Gasteiger partial charge in [0.2, 0.25) is 10.0 Å². The molecule has 0 atom stereocenters. The van der Waals surface area contributed by atoms with Crippen molar-refractivity contribution < 1.29 is 17.9 Å². The number of rotatable bonds is 6. The lowest BCUT2D eigenvalue weighted by molar-refractivity contribution is 0.347. The number of hydrogen-bond acceptors (Lipinski definition) is 4. The number of aryl methyl sites for hydroxylation is 2. The van der Waals surface area contributed by atoms with Crippen molar-refractivity contribution in [1.29, 1.82) is 0 Å². The van der Waals surface area contributed by atoms with Crippen LogP contribution in [-0.4, -0.2) is 34.0 Å². The van der Waals surface area contributed by atoms with Gasteiger partial charge in [-0.15, -0.1) is 0 Å². The van der Waals surface area contributed by atoms with Gasteiger partial charge in [0.15, 0.2) is 11.5 Å². The Hall–Kier alpha value is -2.05. The monoisotopic (exact) mass is 377 g/mol. The van der Waals surface area contributed by atoms with E-state index in [1.165, 1.54) is 4.31 Å². The third-order valence-corrected chi connectivity index (χ3v) is 6.92. The molecule has 26 heavy (non-hydrogen) atoms. The average Bonchev–Trinajstić information content (AvgIpc) is 2.59. The SMILES string of the molecule is COc1cccc(CN(C)S(=O)(=O)c2c(C)c(C)cc(C)c2C)c1OC. The molecule has 5 nitrogen and oxygen atoms in total. The molecule has 0 saturated carbocycles. The van der Waals surface area contributed by atoms with E-state index in [-0.39, 0.29) is 6.54 Å². The van der Waals surface area contributed by atoms with E-state index in [0.717, 1.165) is 27.8 Å². The fraction of sp³-hybridized carbons (Fsp3) is 0.400. The first kappa shape index (κ1) is 20.3. The number of nitrogens with zero attached hydrogens (tertiary/aromatic N) is 1. The zero-order chi connectivity index (χ0) is 19.6. The van der Waals surface area contributed by atoms with E-state index in [4.69, 9.17) is 9.47 Å². The molecule has 2 rings (SSSR count). The Morgan fingerprint density at radius 3 is 2.04 bits per heavy atom. The molecular weight excluding hydrogens is 350 g/mol. The summed E-state index contributed by atoms with van der Waals surface area (Å²) >= 11 is 0. The van der Waals surface area contributed by atoms with Gasteiger partial charge in [-0.1, -0.05) is 18.2 Å². The normalized spacial score (nSPS) is 11.7. The van der Waals surface area contributed by atoms with Gasteiger partial charge < -0.3 is 9.47 Å². The summed E-state index contributed by atoms with van der Waals surface area (Å²) in [6, 6.07) is 7.48. The lowest BCUT2D eigenvalue weighted by atomic mass is 10.0. The molecule has 0 spiro atoms. The van der Waals surface area contributed by atoms with Crippen LogP contribution in [0.1, 0.15) is 27.8 Å². The van der Waals surface area contributed by atoms with Crippen LogP contribution in [0.25, 0.3) is 0 Å². The molecule has 2 aromatic rings. The van der Waals surface area contributed by atoms with Gasteiger partial charge in [-0.3, -0.25) is 0 Å². The van der Waals surface area contributed by atoms with Gasteiger partial charge >= 0.3 is 0 Å². The van der Waals surface area contributed by atoms with Crippen LogP contribution in [0.15, 0.2) is 29.2 Å². The summed E-state index contributed by atoms with van der Waals surface area (Å²) in [4.78, 5) is 0.388. The molecule has 0 unspecified atom stereocenters. The van der Waals surface area contributed by atoms with E-state index in [9.17, 15) is 8.42 Å². The summed E-state index contributed by atoms with van der Waals surface area (Å²) in [5, 5.41) is 0. The molecule has 0 bridgehead atoms. The van der Waals surface area contributed by atoms with Crippen molar-refractivity contribution in [3.8, 4) is 11.5 Å². The topological polar surface area (TPSA) is 55.8 Å². The Labute approximate surface area is 156 Å². The fourth-order valence-corrected chi connectivity index (χ4v) is 4.84. The lowest BCUT2D eigenvalue weighted by Gasteiger charge is -2.23. The molecule has 0 N–H and O–H groups in total. The second-order valence-corrected chi connectivity index (χ2v) is 8.48. The van der Waals surface area contributed by atoms with Crippen molar-refractivity contribution in [2.24, 2.45) is 0 Å². The standard InChI is InChI=1S/C20H27NO4S/c1-13-11-14(2)16(4)20(15(13)3)26(22,23)21(5)12-17-9-8-10-18(24-6)19(17)25-7/h8-11H,12H2,1-7H3. The van der Waals surface area contributed by atoms with E-state index >= 15 is 0 Å². The number of methoxy groups -OCH3 is 2. The molecule has 0 aliphatic carbocycles. The Balaban J connectivity index is 2.50. The van der Waals surface area contributed by atoms with Crippen LogP contribution in [0, 0.1) is 27.7 Å². The highest BCUT2D eigenvalue weighted by molar-refractivity contribution is 7.89. The molecule has 0 amide bonds. The zero-order valence-corrected chi connectivity index (χ0v) is 17.3. The number of hydrogen-bond donors (Lipinski definition) is 0. The van der Waals surface area contributed by atoms with Crippen LogP contribution < -0.4 is 9.47 Å². The Bertz CT molecular complexity index is 894. The van der Waals surface area contributed by atoms with Crippen molar-refractivity contribution >= 4 is 10.0 Å². The van der Waals surface area contributed by atoms with E-state index in [1.807, 2.05) is 45.9 Å². The van der Waals surface area contributed by atoms with Gasteiger partial charge in [-0.05, 0) is 56.0 Å². The van der Waals surface area contributed by atoms with Crippen molar-refractivity contribution in [1.82, 2.24) is 4.31 Å². The molecule has 2 aromatic carbocycles. The van der Waals surface area contributed by atoms with Crippen LogP contribution in [-0.2, 0) is 16.6 Å². The maximum absolute atomic E-state index is 13.3. The predicted molar refractivity (Wildman–Crippen MR) is 104 cm³/mol. The minimum atomic E-state index is -3.65. The van der Waals surface area contributed by atoms with Gasteiger partial charge in [-0.25, -0.2) is 8.42 Å². The lowest BCUT2D eigenvalue weighted by Crippen LogP contribution is -2.28. The van der Waals surface area contributed by atoms with Gasteiger partial charge in [0.05, 0.1) is 19.1 Å². The summed E-state index contributed by atoms with van der Waals surface area (Å²) in [5.74, 6) is 1.13. The van der Waals surface area contributed by atoms with Gasteiger partial charge in [0.25, 0.3) is 0 Å². The summed E-state index contributed by atoms with van der Waals surface area (Å²) < 4.78 is 38.7. The van der Waals surface area contributed by atoms with Gasteiger partial charge in [0, 0.05) is 19.2 Å². The third kappa shape index (κ3) is 3.57. The third-order valence-electron chi connectivity index (χ3n) is 4.84. The van der Waals surface area contributed by atoms with Crippen LogP contribution in [0.3, 0.4) is 0 Å². The minimum absolute atomic E-state index is 0.189. The number of sulfonamides is 1. The smallest absolute Gasteiger partial charge is 0.243 e. The first-order valence-electron chi connectivity index (χ1n) is 8.38. The van der Waals surface area contributed by atoms with Crippen molar-refractivity contribution in [3.63, 3.8) is 0 Å². The summed E-state index contributed by atoms with van der Waals surface area (Å²) in [7, 11) is 1.05. The minimum Gasteiger partial charge on any atom is -0.493 e. The fourth-order valence-electron chi connectivity index (χ4n) is 3.13. The van der Waals surface area contributed by atoms with Crippen LogP contribution in [0.5, 0.6) is 11.5 Å². The zero-order valence-electron chi connectivity index (χ0n) is 16.5. The number of benzene rings is 2. The maximum Gasteiger partial charge on any atom is 0.243 e. The van der Waals surface area contributed by atoms with Gasteiger partial charge in [-0.2, -0.15) is 4.31 Å². The van der Waals surface area contributed by atoms with E-state index in [1.54, 1.807) is 27.3 Å². The van der Waals surface area contributed by atoms with Crippen LogP contribution in [0.4, 0.5) is 0 Å². The predicted octanol–water partition coefficient (Wildman–Crippen LogP) is 3.76. The largest absolute Gasteiger partial charge is 0.493 e. The van der Waals surface area contributed by atoms with Crippen molar-refractivity contribution in [2.45, 2.75) is 39.1 Å². The number of ether oxygens (including phenoxy) is 2. The van der Waals surface area contributed by atoms with Crippen molar-refractivity contribution in [2.75, 3.05) is 21.3 Å². The summed E-state index contributed by atoms with van der Waals surface area (Å²) in [6.45, 7) is 7.77. The summed E-state index contributed by atoms with van der Waals surface area (Å²) in [6.07, 6.45) is 0. The highest BCUT2D eigenvalue weighted by atomic mass is 32.2. The Morgan fingerprint density at radius 2 is 1.54 bits per heavy atom. The molecule has 0 fully saturated rings. The highest BCUT2D eigenvalue weighted by Crippen LogP contribution is 2.33. The first-order chi connectivity index (χ1) is 12.1. The van der Waals surface area contributed by atoms with E-state index < -0.39 is 10.0 Å². The molecule has 0 aliphatic heterocycles. The van der Waals surface area contributed by atoms with E-state index in [2.05, 4.69) is 0 Å². The summed E-state index contributed by atoms with van der Waals surface area (Å²) in [5.41, 5.74) is 4.27. The van der Waals surface area contributed by atoms with Crippen molar-refractivity contribution in [3.05, 3.63) is 52.1 Å². The number of para-hydroxylation sites is 1. The highest BCUT2D eigenvalue weighted by Gasteiger charge is 2.27. The molecular formula is C20H27NO4S. The Morgan fingerprint density at radius 1 is 0.962 bits per heavy atom.